The number of rotatable bonds is 4. The van der Waals surface area contributed by atoms with Crippen molar-refractivity contribution in [1.29, 1.82) is 0 Å². The molecule has 0 bridgehead atoms. The topological polar surface area (TPSA) is 78.1 Å². The number of anilines is 1. The Bertz CT molecular complexity index is 1170. The van der Waals surface area contributed by atoms with Crippen LogP contribution in [0.2, 0.25) is 5.02 Å². The van der Waals surface area contributed by atoms with E-state index < -0.39 is 0 Å². The average Bonchev–Trinajstić information content (AvgIpc) is 3.23. The SMILES string of the molecule is CN(CC(=O)Nc1nc2ccc(Cl)cc2s1)C(=O)c1c[nH]c2ccccc12. The Kier molecular flexibility index (Phi) is 4.55. The second-order valence-corrected chi connectivity index (χ2v) is 7.56. The molecule has 0 saturated carbocycles. The molecule has 2 heterocycles. The maximum atomic E-state index is 12.7. The van der Waals surface area contributed by atoms with Gasteiger partial charge in [0.1, 0.15) is 0 Å². The molecule has 0 aliphatic rings. The molecular formula is C19H15ClN4O2S. The molecule has 0 fully saturated rings. The number of likely N-dealkylation sites (N-methyl/N-ethyl adjacent to an activating group) is 1. The fourth-order valence-corrected chi connectivity index (χ4v) is 4.01. The number of aromatic nitrogens is 2. The van der Waals surface area contributed by atoms with Crippen LogP contribution in [0.1, 0.15) is 10.4 Å². The van der Waals surface area contributed by atoms with E-state index in [1.54, 1.807) is 31.4 Å². The van der Waals surface area contributed by atoms with E-state index in [-0.39, 0.29) is 18.4 Å². The minimum Gasteiger partial charge on any atom is -0.360 e. The Morgan fingerprint density at radius 1 is 1.26 bits per heavy atom. The summed E-state index contributed by atoms with van der Waals surface area (Å²) in [5, 5.41) is 4.67. The fraction of sp³-hybridized carbons (Fsp3) is 0.105. The smallest absolute Gasteiger partial charge is 0.256 e. The Morgan fingerprint density at radius 2 is 2.07 bits per heavy atom. The molecule has 2 N–H and O–H groups in total. The van der Waals surface area contributed by atoms with Crippen LogP contribution in [0.25, 0.3) is 21.1 Å². The van der Waals surface area contributed by atoms with Crippen LogP contribution >= 0.6 is 22.9 Å². The molecule has 4 rings (SSSR count). The summed E-state index contributed by atoms with van der Waals surface area (Å²) >= 11 is 7.31. The number of nitrogens with one attached hydrogen (secondary N) is 2. The summed E-state index contributed by atoms with van der Waals surface area (Å²) in [5.41, 5.74) is 2.19. The number of amides is 2. The van der Waals surface area contributed by atoms with Crippen molar-refractivity contribution >= 4 is 61.0 Å². The highest BCUT2D eigenvalue weighted by Crippen LogP contribution is 2.28. The Hall–Kier alpha value is -2.90. The summed E-state index contributed by atoms with van der Waals surface area (Å²) in [6.45, 7) is -0.0744. The lowest BCUT2D eigenvalue weighted by atomic mass is 10.1. The summed E-state index contributed by atoms with van der Waals surface area (Å²) in [6, 6.07) is 12.9. The van der Waals surface area contributed by atoms with Gasteiger partial charge in [-0.25, -0.2) is 4.98 Å². The summed E-state index contributed by atoms with van der Waals surface area (Å²) in [7, 11) is 1.60. The van der Waals surface area contributed by atoms with Gasteiger partial charge < -0.3 is 15.2 Å². The third kappa shape index (κ3) is 3.51. The summed E-state index contributed by atoms with van der Waals surface area (Å²) in [5.74, 6) is -0.533. The molecule has 0 unspecified atom stereocenters. The van der Waals surface area contributed by atoms with E-state index in [9.17, 15) is 9.59 Å². The third-order valence-corrected chi connectivity index (χ3v) is 5.31. The number of fused-ring (bicyclic) bond motifs is 2. The van der Waals surface area contributed by atoms with Crippen LogP contribution in [0.4, 0.5) is 5.13 Å². The van der Waals surface area contributed by atoms with E-state index in [4.69, 9.17) is 11.6 Å². The lowest BCUT2D eigenvalue weighted by Crippen LogP contribution is -2.34. The highest BCUT2D eigenvalue weighted by atomic mass is 35.5. The molecule has 6 nitrogen and oxygen atoms in total. The number of H-pyrrole nitrogens is 1. The van der Waals surface area contributed by atoms with Crippen LogP contribution in [0, 0.1) is 0 Å². The molecule has 0 saturated heterocycles. The molecule has 4 aromatic rings. The van der Waals surface area contributed by atoms with Crippen LogP contribution in [-0.2, 0) is 4.79 Å². The van der Waals surface area contributed by atoms with Crippen molar-refractivity contribution in [3.63, 3.8) is 0 Å². The minimum atomic E-state index is -0.309. The second-order valence-electron chi connectivity index (χ2n) is 6.09. The second kappa shape index (κ2) is 7.02. The first kappa shape index (κ1) is 17.5. The summed E-state index contributed by atoms with van der Waals surface area (Å²) in [4.78, 5) is 33.8. The molecule has 8 heteroatoms. The molecule has 0 atom stereocenters. The minimum absolute atomic E-state index is 0.0744. The molecule has 0 radical (unpaired) electrons. The van der Waals surface area contributed by atoms with Crippen molar-refractivity contribution in [2.45, 2.75) is 0 Å². The van der Waals surface area contributed by atoms with Crippen molar-refractivity contribution in [2.75, 3.05) is 18.9 Å². The first-order valence-electron chi connectivity index (χ1n) is 8.19. The number of carbonyl (C=O) groups is 2. The van der Waals surface area contributed by atoms with Crippen molar-refractivity contribution in [3.8, 4) is 0 Å². The molecule has 2 aromatic heterocycles. The summed E-state index contributed by atoms with van der Waals surface area (Å²) in [6.07, 6.45) is 1.67. The van der Waals surface area contributed by atoms with Gasteiger partial charge in [0.25, 0.3) is 5.91 Å². The number of thiazole rings is 1. The van der Waals surface area contributed by atoms with Gasteiger partial charge in [0.05, 0.1) is 22.3 Å². The van der Waals surface area contributed by atoms with Gasteiger partial charge in [0.2, 0.25) is 5.91 Å². The molecule has 0 aliphatic heterocycles. The Balaban J connectivity index is 1.46. The molecule has 136 valence electrons. The quantitative estimate of drug-likeness (QED) is 0.542. The van der Waals surface area contributed by atoms with E-state index in [1.807, 2.05) is 24.3 Å². The third-order valence-electron chi connectivity index (χ3n) is 4.14. The van der Waals surface area contributed by atoms with E-state index in [2.05, 4.69) is 15.3 Å². The standard InChI is InChI=1S/C19H15ClN4O2S/c1-24(18(26)13-9-21-14-5-3-2-4-12(13)14)10-17(25)23-19-22-15-7-6-11(20)8-16(15)27-19/h2-9,21H,10H2,1H3,(H,22,23,25). The zero-order valence-corrected chi connectivity index (χ0v) is 15.9. The number of halogens is 1. The highest BCUT2D eigenvalue weighted by Gasteiger charge is 2.19. The lowest BCUT2D eigenvalue weighted by Gasteiger charge is -2.15. The first-order chi connectivity index (χ1) is 13.0. The molecule has 27 heavy (non-hydrogen) atoms. The van der Waals surface area contributed by atoms with Gasteiger partial charge in [-0.15, -0.1) is 0 Å². The van der Waals surface area contributed by atoms with Gasteiger partial charge in [-0.3, -0.25) is 9.59 Å². The van der Waals surface area contributed by atoms with Crippen LogP contribution in [0.15, 0.2) is 48.7 Å². The normalized spacial score (nSPS) is 11.0. The van der Waals surface area contributed by atoms with Crippen molar-refractivity contribution in [1.82, 2.24) is 14.9 Å². The lowest BCUT2D eigenvalue weighted by molar-refractivity contribution is -0.116. The van der Waals surface area contributed by atoms with Crippen LogP contribution in [0.3, 0.4) is 0 Å². The highest BCUT2D eigenvalue weighted by molar-refractivity contribution is 7.22. The zero-order valence-electron chi connectivity index (χ0n) is 14.3. The van der Waals surface area contributed by atoms with Gasteiger partial charge in [0, 0.05) is 29.2 Å². The van der Waals surface area contributed by atoms with Crippen molar-refractivity contribution in [3.05, 3.63) is 59.2 Å². The molecular weight excluding hydrogens is 384 g/mol. The monoisotopic (exact) mass is 398 g/mol. The number of carbonyl (C=O) groups excluding carboxylic acids is 2. The van der Waals surface area contributed by atoms with E-state index in [0.717, 1.165) is 21.1 Å². The number of benzene rings is 2. The fourth-order valence-electron chi connectivity index (χ4n) is 2.85. The molecule has 2 aromatic carbocycles. The largest absolute Gasteiger partial charge is 0.360 e. The van der Waals surface area contributed by atoms with E-state index in [0.29, 0.717) is 15.7 Å². The molecule has 0 spiro atoms. The number of hydrogen-bond acceptors (Lipinski definition) is 4. The van der Waals surface area contributed by atoms with Gasteiger partial charge in [-0.05, 0) is 24.3 Å². The van der Waals surface area contributed by atoms with Gasteiger partial charge in [0.15, 0.2) is 5.13 Å². The predicted molar refractivity (Wildman–Crippen MR) is 109 cm³/mol. The Labute approximate surface area is 163 Å². The maximum Gasteiger partial charge on any atom is 0.256 e. The zero-order chi connectivity index (χ0) is 19.0. The molecule has 0 aliphatic carbocycles. The van der Waals surface area contributed by atoms with Gasteiger partial charge in [-0.1, -0.05) is 41.1 Å². The number of para-hydroxylation sites is 1. The number of nitrogens with zero attached hydrogens (tertiary/aromatic N) is 2. The van der Waals surface area contributed by atoms with E-state index in [1.165, 1.54) is 16.2 Å². The van der Waals surface area contributed by atoms with Crippen LogP contribution in [-0.4, -0.2) is 40.3 Å². The first-order valence-corrected chi connectivity index (χ1v) is 9.38. The summed E-state index contributed by atoms with van der Waals surface area (Å²) < 4.78 is 0.890. The Morgan fingerprint density at radius 3 is 2.93 bits per heavy atom. The van der Waals surface area contributed by atoms with Gasteiger partial charge >= 0.3 is 0 Å². The van der Waals surface area contributed by atoms with Crippen LogP contribution < -0.4 is 5.32 Å². The van der Waals surface area contributed by atoms with Gasteiger partial charge in [-0.2, -0.15) is 0 Å². The average molecular weight is 399 g/mol. The van der Waals surface area contributed by atoms with Crippen LogP contribution in [0.5, 0.6) is 0 Å². The molecule has 2 amide bonds. The maximum absolute atomic E-state index is 12.7. The number of aromatic amines is 1. The van der Waals surface area contributed by atoms with Crippen molar-refractivity contribution < 1.29 is 9.59 Å². The van der Waals surface area contributed by atoms with E-state index >= 15 is 0 Å². The number of hydrogen-bond donors (Lipinski definition) is 2. The van der Waals surface area contributed by atoms with Crippen molar-refractivity contribution in [2.24, 2.45) is 0 Å². The predicted octanol–water partition coefficient (Wildman–Crippen LogP) is 4.14.